The zero-order valence-corrected chi connectivity index (χ0v) is 70.2. The van der Waals surface area contributed by atoms with Gasteiger partial charge in [-0.3, -0.25) is 24.0 Å². The molecule has 19 rings (SSSR count). The highest BCUT2D eigenvalue weighted by molar-refractivity contribution is 6.03. The van der Waals surface area contributed by atoms with Gasteiger partial charge >= 0.3 is 0 Å². The average Bonchev–Trinajstić information content (AvgIpc) is 1.64. The number of fused-ring (bicyclic) bond motifs is 4. The van der Waals surface area contributed by atoms with E-state index in [1.54, 1.807) is 107 Å². The molecule has 6 aromatic carbocycles. The highest BCUT2D eigenvalue weighted by Crippen LogP contribution is 2.43. The van der Waals surface area contributed by atoms with E-state index >= 15 is 0 Å². The number of carbonyl (C=O) groups excluding carboxylic acids is 5. The van der Waals surface area contributed by atoms with Crippen molar-refractivity contribution in [1.82, 2.24) is 86.2 Å². The number of nitrogens with one attached hydrogen (secondary N) is 11. The Kier molecular flexibility index (Phi) is 24.6. The Balaban J connectivity index is 0.000000133. The number of aromatic amines is 3. The first-order chi connectivity index (χ1) is 60.9. The van der Waals surface area contributed by atoms with Gasteiger partial charge in [0.25, 0.3) is 29.5 Å². The molecule has 13 aromatic rings. The molecular weight excluding hydrogens is 1600 g/mol. The number of likely N-dealkylation sites (N-methyl/N-ethyl adjacent to an activating group) is 2. The maximum Gasteiger partial charge on any atom is 0.251 e. The summed E-state index contributed by atoms with van der Waals surface area (Å²) in [6, 6.07) is 36.5. The molecule has 35 nitrogen and oxygen atoms in total. The van der Waals surface area contributed by atoms with Crippen LogP contribution in [0.5, 0.6) is 34.9 Å². The van der Waals surface area contributed by atoms with E-state index in [2.05, 4.69) is 72.3 Å². The monoisotopic (exact) mass is 1700 g/mol. The average molecular weight is 1700 g/mol. The number of hydrogen-bond acceptors (Lipinski definition) is 27. The van der Waals surface area contributed by atoms with Crippen molar-refractivity contribution >= 4 is 109 Å². The van der Waals surface area contributed by atoms with Crippen LogP contribution in [0.1, 0.15) is 96.2 Å². The molecule has 0 spiro atoms. The molecule has 646 valence electrons. The van der Waals surface area contributed by atoms with E-state index in [1.807, 2.05) is 82.1 Å². The van der Waals surface area contributed by atoms with E-state index in [9.17, 15) is 24.0 Å². The molecule has 6 aliphatic rings. The van der Waals surface area contributed by atoms with Gasteiger partial charge in [-0.1, -0.05) is 30.3 Å². The fraction of sp³-hybridized carbons (Fsp3) is 0.333. The quantitative estimate of drug-likeness (QED) is 0.0240. The van der Waals surface area contributed by atoms with E-state index in [4.69, 9.17) is 77.0 Å². The lowest BCUT2D eigenvalue weighted by molar-refractivity contribution is -0.00346. The van der Waals surface area contributed by atoms with Gasteiger partial charge in [-0.15, -0.1) is 0 Å². The normalized spacial score (nSPS) is 16.6. The molecule has 1 saturated carbocycles. The summed E-state index contributed by atoms with van der Waals surface area (Å²) < 4.78 is 58.0. The van der Waals surface area contributed by atoms with Crippen molar-refractivity contribution in [2.45, 2.75) is 81.9 Å². The van der Waals surface area contributed by atoms with Crippen molar-refractivity contribution < 1.29 is 71.0 Å². The summed E-state index contributed by atoms with van der Waals surface area (Å²) in [5, 5.41) is 26.3. The summed E-state index contributed by atoms with van der Waals surface area (Å²) in [4.78, 5) is 109. The molecule has 1 aliphatic carbocycles. The minimum atomic E-state index is -0.197. The fourth-order valence-electron chi connectivity index (χ4n) is 15.8. The first-order valence-electron chi connectivity index (χ1n) is 41.4. The Hall–Kier alpha value is -14.0. The predicted octanol–water partition coefficient (Wildman–Crippen LogP) is 11.2. The van der Waals surface area contributed by atoms with E-state index < -0.39 is 0 Å². The van der Waals surface area contributed by atoms with Crippen molar-refractivity contribution in [3.63, 3.8) is 0 Å². The molecule has 12 heterocycles. The Morgan fingerprint density at radius 1 is 0.408 bits per heavy atom. The summed E-state index contributed by atoms with van der Waals surface area (Å²) in [6.45, 7) is 8.45. The van der Waals surface area contributed by atoms with Crippen LogP contribution in [0.4, 0.5) is 34.9 Å². The van der Waals surface area contributed by atoms with E-state index in [1.165, 1.54) is 7.11 Å². The Morgan fingerprint density at radius 2 is 0.784 bits per heavy atom. The Bertz CT molecular complexity index is 6140. The lowest BCUT2D eigenvalue weighted by Crippen LogP contribution is -2.57. The van der Waals surface area contributed by atoms with Crippen LogP contribution >= 0.6 is 0 Å². The number of amides is 5. The van der Waals surface area contributed by atoms with Crippen molar-refractivity contribution in [3.05, 3.63) is 174 Å². The topological polar surface area (TPSA) is 422 Å². The summed E-state index contributed by atoms with van der Waals surface area (Å²) in [7, 11) is 11.9. The maximum atomic E-state index is 12.8. The number of aromatic nitrogens is 10. The molecule has 7 aromatic heterocycles. The van der Waals surface area contributed by atoms with Crippen LogP contribution in [0.15, 0.2) is 144 Å². The highest BCUT2D eigenvalue weighted by Gasteiger charge is 2.32. The van der Waals surface area contributed by atoms with Crippen LogP contribution in [0.3, 0.4) is 0 Å². The summed E-state index contributed by atoms with van der Waals surface area (Å²) in [5.74, 6) is 3.57. The number of ether oxygens (including phenoxy) is 9. The molecule has 125 heavy (non-hydrogen) atoms. The summed E-state index contributed by atoms with van der Waals surface area (Å²) in [5.41, 5.74) is 13.1. The number of aryl methyl sites for hydroxylation is 1. The smallest absolute Gasteiger partial charge is 0.251 e. The first-order valence-corrected chi connectivity index (χ1v) is 41.4. The second-order valence-electron chi connectivity index (χ2n) is 31.4. The fourth-order valence-corrected chi connectivity index (χ4v) is 15.8. The second kappa shape index (κ2) is 37.0. The third-order valence-electron chi connectivity index (χ3n) is 22.5. The number of carbonyl (C=O) groups is 5. The number of rotatable bonds is 26. The molecule has 5 saturated heterocycles. The molecule has 6 fully saturated rings. The third-order valence-corrected chi connectivity index (χ3v) is 22.5. The van der Waals surface area contributed by atoms with Crippen LogP contribution < -0.4 is 71.0 Å². The number of hydrogen-bond donors (Lipinski definition) is 11. The predicted molar refractivity (Wildman–Crippen MR) is 468 cm³/mol. The molecular formula is C90H96N20O15. The number of oxazole rings is 1. The molecule has 2 atom stereocenters. The number of nitrogens with zero attached hydrogens (tertiary/aromatic N) is 9. The SMILES string of the molecule is CNC(=O)c1ccc(-c2c[nH]c3nc(Nc4ccc(C(=O)NC5CN(C)C5)cc4OC)nc(OC4CCCC4)c23)cc1.CNC(=O)c1ccc(-c2c[nH]c3nc(Nc4ccc(C(=O)NC5COC5)cc4OC)nc(O[C@H]4CCOC4)c23)cc1.COc1cc(C(=O)NC2CN(C)C2)ccc1Nc1nc(O[C@H]2CCOC2)c2c(-c3ccc4nc(C)oc4c3)c[nH]c2n1. The molecule has 35 heteroatoms. The third kappa shape index (κ3) is 18.7. The standard InChI is InChI=1S/C31H35N7O4.C30H31N7O5.C29H30N6O6/c1-32-28(39)19-10-8-18(9-11-19)23-15-33-27-26(23)30(42-22-6-4-5-7-22)37-31(36-27)35-24-13-12-20(14-25(24)41-3)29(40)34-21-16-38(2)17-21;1-16-32-23-6-4-17(10-25(23)41-16)21-12-31-27-26(21)29(42-20-8-9-40-15-20)36-30(35-27)34-22-7-5-18(11-24(22)39-3)28(38)33-19-13-37(2)14-19;1-30-26(36)17-5-3-16(4-6-17)21-12-31-25-24(21)28(41-20-9-10-39-15-20)35-29(34-25)33-22-8-7-18(11-23(22)38-2)27(37)32-19-13-40-14-19/h8-15,21-22H,4-7,16-17H2,1-3H3,(H,32,39)(H,34,40)(H2,33,35,36,37);4-7,10-12,19-20H,8-9,13-15H2,1-3H3,(H,33,38)(H2,31,34,35,36);3-8,11-12,19-20H,9-10,13-15H2,1-2H3,(H,30,36)(H,32,37)(H2,31,33,34,35)/t;2*20-/m.00/s1. The number of benzene rings is 6. The van der Waals surface area contributed by atoms with Crippen molar-refractivity contribution in [3.8, 4) is 68.3 Å². The van der Waals surface area contributed by atoms with Gasteiger partial charge in [-0.2, -0.15) is 29.9 Å². The van der Waals surface area contributed by atoms with Gasteiger partial charge in [-0.05, 0) is 147 Å². The van der Waals surface area contributed by atoms with Gasteiger partial charge < -0.3 is 114 Å². The van der Waals surface area contributed by atoms with E-state index in [0.29, 0.717) is 165 Å². The van der Waals surface area contributed by atoms with Crippen molar-refractivity contribution in [2.75, 3.05) is 131 Å². The minimum absolute atomic E-state index is 0.0228. The van der Waals surface area contributed by atoms with Crippen molar-refractivity contribution in [1.29, 1.82) is 0 Å². The molecule has 0 bridgehead atoms. The van der Waals surface area contributed by atoms with Gasteiger partial charge in [0.1, 0.15) is 58.0 Å². The molecule has 5 amide bonds. The second-order valence-corrected chi connectivity index (χ2v) is 31.4. The molecule has 0 unspecified atom stereocenters. The van der Waals surface area contributed by atoms with Crippen LogP contribution in [0.2, 0.25) is 0 Å². The lowest BCUT2D eigenvalue weighted by atomic mass is 10.0. The van der Waals surface area contributed by atoms with Gasteiger partial charge in [0.15, 0.2) is 11.5 Å². The van der Waals surface area contributed by atoms with Gasteiger partial charge in [0.2, 0.25) is 35.5 Å². The van der Waals surface area contributed by atoms with Gasteiger partial charge in [0.05, 0.1) is 112 Å². The summed E-state index contributed by atoms with van der Waals surface area (Å²) in [6.07, 6.45) is 11.1. The Morgan fingerprint density at radius 3 is 1.14 bits per heavy atom. The van der Waals surface area contributed by atoms with Crippen LogP contribution in [0, 0.1) is 6.92 Å². The van der Waals surface area contributed by atoms with Crippen LogP contribution in [0.25, 0.3) is 77.6 Å². The molecule has 0 radical (unpaired) electrons. The zero-order chi connectivity index (χ0) is 86.4. The highest BCUT2D eigenvalue weighted by atomic mass is 16.6. The Labute approximate surface area is 717 Å². The van der Waals surface area contributed by atoms with E-state index in [0.717, 1.165) is 114 Å². The molecule has 11 N–H and O–H groups in total. The number of anilines is 6. The minimum Gasteiger partial charge on any atom is -0.495 e. The lowest BCUT2D eigenvalue weighted by Gasteiger charge is -2.36. The van der Waals surface area contributed by atoms with Crippen LogP contribution in [-0.2, 0) is 14.2 Å². The summed E-state index contributed by atoms with van der Waals surface area (Å²) >= 11 is 0. The first kappa shape index (κ1) is 83.3. The number of methoxy groups -OCH3 is 3. The number of likely N-dealkylation sites (tertiary alicyclic amines) is 2. The maximum absolute atomic E-state index is 12.8. The van der Waals surface area contributed by atoms with E-state index in [-0.39, 0.29) is 71.9 Å². The zero-order valence-electron chi connectivity index (χ0n) is 70.2. The molecule has 5 aliphatic heterocycles. The van der Waals surface area contributed by atoms with Crippen LogP contribution in [-0.4, -0.2) is 241 Å². The van der Waals surface area contributed by atoms with Gasteiger partial charge in [-0.25, -0.2) is 4.98 Å². The number of H-pyrrole nitrogens is 3. The van der Waals surface area contributed by atoms with Crippen molar-refractivity contribution in [2.24, 2.45) is 0 Å². The van der Waals surface area contributed by atoms with Gasteiger partial charge in [0, 0.05) is 123 Å². The largest absolute Gasteiger partial charge is 0.495 e.